The predicted octanol–water partition coefficient (Wildman–Crippen LogP) is 2.89. The van der Waals surface area contributed by atoms with E-state index in [-0.39, 0.29) is 11.9 Å². The Morgan fingerprint density at radius 3 is 2.81 bits per heavy atom. The monoisotopic (exact) mass is 236 g/mol. The van der Waals surface area contributed by atoms with Crippen molar-refractivity contribution in [3.63, 3.8) is 0 Å². The second-order valence-corrected chi connectivity index (χ2v) is 4.86. The maximum Gasteiger partial charge on any atom is 0.126 e. The molecule has 1 aromatic carbocycles. The smallest absolute Gasteiger partial charge is 0.126 e. The Bertz CT molecular complexity index is 479. The van der Waals surface area contributed by atoms with Gasteiger partial charge in [-0.1, -0.05) is 18.2 Å². The number of thiazole rings is 1. The zero-order valence-corrected chi connectivity index (χ0v) is 9.80. The molecule has 0 aliphatic carbocycles. The van der Waals surface area contributed by atoms with Crippen molar-refractivity contribution in [2.75, 3.05) is 0 Å². The van der Waals surface area contributed by atoms with Crippen LogP contribution in [0, 0.1) is 5.82 Å². The van der Waals surface area contributed by atoms with Crippen LogP contribution >= 0.6 is 11.3 Å². The fraction of sp³-hybridized carbons (Fsp3) is 0.250. The van der Waals surface area contributed by atoms with Gasteiger partial charge in [-0.2, -0.15) is 0 Å². The third-order valence-electron chi connectivity index (χ3n) is 2.32. The van der Waals surface area contributed by atoms with Crippen LogP contribution in [0.5, 0.6) is 0 Å². The van der Waals surface area contributed by atoms with Gasteiger partial charge in [0.2, 0.25) is 0 Å². The van der Waals surface area contributed by atoms with Gasteiger partial charge in [0.05, 0.1) is 5.01 Å². The first-order valence-corrected chi connectivity index (χ1v) is 5.92. The second kappa shape index (κ2) is 4.72. The Kier molecular flexibility index (Phi) is 3.31. The van der Waals surface area contributed by atoms with Crippen LogP contribution in [0.1, 0.15) is 28.4 Å². The van der Waals surface area contributed by atoms with Crippen LogP contribution in [0.15, 0.2) is 30.5 Å². The molecule has 4 heteroatoms. The molecule has 1 atom stereocenters. The lowest BCUT2D eigenvalue weighted by Gasteiger charge is -2.00. The summed E-state index contributed by atoms with van der Waals surface area (Å²) in [6.07, 6.45) is 2.30. The third-order valence-corrected chi connectivity index (χ3v) is 3.52. The van der Waals surface area contributed by atoms with Crippen LogP contribution < -0.4 is 5.73 Å². The van der Waals surface area contributed by atoms with Gasteiger partial charge in [0, 0.05) is 23.5 Å². The van der Waals surface area contributed by atoms with Crippen molar-refractivity contribution in [2.45, 2.75) is 19.4 Å². The van der Waals surface area contributed by atoms with Crippen LogP contribution in [0.3, 0.4) is 0 Å². The Hall–Kier alpha value is -1.26. The molecule has 0 saturated heterocycles. The minimum atomic E-state index is -0.181. The van der Waals surface area contributed by atoms with Crippen LogP contribution in [0.2, 0.25) is 0 Å². The number of hydrogen-bond donors (Lipinski definition) is 1. The average Bonchev–Trinajstić information content (AvgIpc) is 2.70. The molecule has 1 heterocycles. The van der Waals surface area contributed by atoms with Gasteiger partial charge in [-0.3, -0.25) is 0 Å². The topological polar surface area (TPSA) is 38.9 Å². The fourth-order valence-electron chi connectivity index (χ4n) is 1.42. The highest BCUT2D eigenvalue weighted by Crippen LogP contribution is 2.21. The number of nitrogens with two attached hydrogens (primary N) is 1. The largest absolute Gasteiger partial charge is 0.323 e. The van der Waals surface area contributed by atoms with Gasteiger partial charge in [-0.05, 0) is 18.6 Å². The highest BCUT2D eigenvalue weighted by molar-refractivity contribution is 7.11. The third kappa shape index (κ3) is 2.46. The van der Waals surface area contributed by atoms with E-state index in [2.05, 4.69) is 4.98 Å². The molecule has 0 spiro atoms. The lowest BCUT2D eigenvalue weighted by Crippen LogP contribution is -2.01. The van der Waals surface area contributed by atoms with Crippen LogP contribution in [-0.2, 0) is 6.42 Å². The summed E-state index contributed by atoms with van der Waals surface area (Å²) in [7, 11) is 0. The van der Waals surface area contributed by atoms with Gasteiger partial charge in [0.15, 0.2) is 0 Å². The molecule has 0 fully saturated rings. The quantitative estimate of drug-likeness (QED) is 0.890. The number of aromatic nitrogens is 1. The fourth-order valence-corrected chi connectivity index (χ4v) is 2.32. The number of benzene rings is 1. The van der Waals surface area contributed by atoms with E-state index in [9.17, 15) is 4.39 Å². The summed E-state index contributed by atoms with van der Waals surface area (Å²) < 4.78 is 13.4. The summed E-state index contributed by atoms with van der Waals surface area (Å²) in [4.78, 5) is 5.28. The van der Waals surface area contributed by atoms with Gasteiger partial charge in [0.25, 0.3) is 0 Å². The number of halogens is 1. The molecular formula is C12H13FN2S. The molecule has 1 unspecified atom stereocenters. The maximum absolute atomic E-state index is 13.4. The Balaban J connectivity index is 2.18. The number of hydrogen-bond acceptors (Lipinski definition) is 3. The zero-order chi connectivity index (χ0) is 11.5. The first kappa shape index (κ1) is 11.2. The normalized spacial score (nSPS) is 12.7. The van der Waals surface area contributed by atoms with Crippen molar-refractivity contribution in [2.24, 2.45) is 5.73 Å². The predicted molar refractivity (Wildman–Crippen MR) is 63.9 cm³/mol. The Morgan fingerprint density at radius 2 is 2.19 bits per heavy atom. The highest BCUT2D eigenvalue weighted by Gasteiger charge is 2.08. The van der Waals surface area contributed by atoms with Crippen molar-refractivity contribution in [3.05, 3.63) is 51.7 Å². The molecule has 1 aromatic heterocycles. The average molecular weight is 236 g/mol. The summed E-state index contributed by atoms with van der Waals surface area (Å²) in [5.41, 5.74) is 6.42. The molecule has 0 radical (unpaired) electrons. The van der Waals surface area contributed by atoms with E-state index < -0.39 is 0 Å². The van der Waals surface area contributed by atoms with Crippen molar-refractivity contribution < 1.29 is 4.39 Å². The lowest BCUT2D eigenvalue weighted by atomic mass is 10.1. The Morgan fingerprint density at radius 1 is 1.44 bits per heavy atom. The molecule has 2 N–H and O–H groups in total. The summed E-state index contributed by atoms with van der Waals surface area (Å²) in [5.74, 6) is -0.181. The van der Waals surface area contributed by atoms with Gasteiger partial charge in [-0.15, -0.1) is 11.3 Å². The summed E-state index contributed by atoms with van der Waals surface area (Å²) >= 11 is 1.54. The van der Waals surface area contributed by atoms with E-state index in [0.717, 1.165) is 9.88 Å². The van der Waals surface area contributed by atoms with Gasteiger partial charge in [0.1, 0.15) is 5.82 Å². The summed E-state index contributed by atoms with van der Waals surface area (Å²) in [5, 5.41) is 0.900. The Labute approximate surface area is 97.9 Å². The number of nitrogens with zero attached hydrogens (tertiary/aromatic N) is 1. The summed E-state index contributed by atoms with van der Waals surface area (Å²) in [6.45, 7) is 1.92. The molecule has 16 heavy (non-hydrogen) atoms. The van der Waals surface area contributed by atoms with E-state index in [0.29, 0.717) is 12.0 Å². The highest BCUT2D eigenvalue weighted by atomic mass is 32.1. The van der Waals surface area contributed by atoms with E-state index in [1.165, 1.54) is 6.07 Å². The molecule has 0 amide bonds. The second-order valence-electron chi connectivity index (χ2n) is 3.71. The first-order chi connectivity index (χ1) is 7.66. The van der Waals surface area contributed by atoms with Crippen molar-refractivity contribution in [1.29, 1.82) is 0 Å². The molecule has 2 rings (SSSR count). The molecule has 0 aliphatic heterocycles. The summed E-state index contributed by atoms with van der Waals surface area (Å²) in [6, 6.07) is 6.76. The minimum absolute atomic E-state index is 0.00753. The standard InChI is InChI=1S/C12H13FN2S/c1-8(14)11-7-15-12(16-11)6-9-4-2-3-5-10(9)13/h2-5,7-8H,6,14H2,1H3. The zero-order valence-electron chi connectivity index (χ0n) is 8.98. The van der Waals surface area contributed by atoms with E-state index >= 15 is 0 Å². The SMILES string of the molecule is CC(N)c1cnc(Cc2ccccc2F)s1. The molecule has 2 aromatic rings. The van der Waals surface area contributed by atoms with E-state index in [1.807, 2.05) is 13.0 Å². The molecular weight excluding hydrogens is 223 g/mol. The minimum Gasteiger partial charge on any atom is -0.323 e. The first-order valence-electron chi connectivity index (χ1n) is 5.10. The van der Waals surface area contributed by atoms with Crippen molar-refractivity contribution in [3.8, 4) is 0 Å². The molecule has 2 nitrogen and oxygen atoms in total. The van der Waals surface area contributed by atoms with E-state index in [4.69, 9.17) is 5.73 Å². The van der Waals surface area contributed by atoms with Gasteiger partial charge < -0.3 is 5.73 Å². The van der Waals surface area contributed by atoms with Crippen LogP contribution in [-0.4, -0.2) is 4.98 Å². The van der Waals surface area contributed by atoms with Crippen molar-refractivity contribution in [1.82, 2.24) is 4.98 Å². The molecule has 0 aliphatic rings. The van der Waals surface area contributed by atoms with Crippen LogP contribution in [0.25, 0.3) is 0 Å². The van der Waals surface area contributed by atoms with Crippen LogP contribution in [0.4, 0.5) is 4.39 Å². The van der Waals surface area contributed by atoms with Gasteiger partial charge in [-0.25, -0.2) is 9.37 Å². The van der Waals surface area contributed by atoms with Gasteiger partial charge >= 0.3 is 0 Å². The van der Waals surface area contributed by atoms with Crippen molar-refractivity contribution >= 4 is 11.3 Å². The molecule has 0 bridgehead atoms. The van der Waals surface area contributed by atoms with E-state index in [1.54, 1.807) is 29.7 Å². The molecule has 84 valence electrons. The maximum atomic E-state index is 13.4. The lowest BCUT2D eigenvalue weighted by molar-refractivity contribution is 0.614. The number of rotatable bonds is 3. The molecule has 0 saturated carbocycles.